The van der Waals surface area contributed by atoms with Gasteiger partial charge < -0.3 is 5.11 Å². The summed E-state index contributed by atoms with van der Waals surface area (Å²) in [5, 5.41) is 11.8. The second-order valence-corrected chi connectivity index (χ2v) is 3.84. The largest absolute Gasteiger partial charge is 0.380 e. The van der Waals surface area contributed by atoms with Crippen LogP contribution in [0.25, 0.3) is 10.8 Å². The normalized spacial score (nSPS) is 11.6. The van der Waals surface area contributed by atoms with Crippen LogP contribution in [0, 0.1) is 11.8 Å². The zero-order valence-electron chi connectivity index (χ0n) is 9.56. The van der Waals surface area contributed by atoms with Gasteiger partial charge in [-0.25, -0.2) is 0 Å². The molecular formula is C16H14O. The summed E-state index contributed by atoms with van der Waals surface area (Å²) in [7, 11) is 0. The van der Waals surface area contributed by atoms with Gasteiger partial charge in [0, 0.05) is 12.0 Å². The molecule has 17 heavy (non-hydrogen) atoms. The van der Waals surface area contributed by atoms with Crippen molar-refractivity contribution in [2.75, 3.05) is 0 Å². The van der Waals surface area contributed by atoms with Gasteiger partial charge in [0.05, 0.1) is 0 Å². The average molecular weight is 222 g/mol. The summed E-state index contributed by atoms with van der Waals surface area (Å²) in [6.45, 7) is 3.58. The van der Waals surface area contributed by atoms with Crippen LogP contribution in [0.4, 0.5) is 0 Å². The molecule has 84 valence electrons. The van der Waals surface area contributed by atoms with E-state index >= 15 is 0 Å². The minimum atomic E-state index is -0.633. The van der Waals surface area contributed by atoms with E-state index in [9.17, 15) is 5.11 Å². The molecule has 1 N–H and O–H groups in total. The van der Waals surface area contributed by atoms with Gasteiger partial charge in [-0.3, -0.25) is 0 Å². The molecule has 0 radical (unpaired) electrons. The molecule has 0 saturated heterocycles. The molecule has 0 saturated carbocycles. The highest BCUT2D eigenvalue weighted by atomic mass is 16.3. The average Bonchev–Trinajstić information content (AvgIpc) is 2.36. The van der Waals surface area contributed by atoms with Crippen LogP contribution in [0.3, 0.4) is 0 Å². The van der Waals surface area contributed by atoms with Crippen molar-refractivity contribution in [3.8, 4) is 11.8 Å². The monoisotopic (exact) mass is 222 g/mol. The maximum absolute atomic E-state index is 9.54. The van der Waals surface area contributed by atoms with Crippen LogP contribution in [0.2, 0.25) is 0 Å². The van der Waals surface area contributed by atoms with Crippen molar-refractivity contribution in [3.05, 3.63) is 60.7 Å². The van der Waals surface area contributed by atoms with E-state index in [1.54, 1.807) is 6.08 Å². The van der Waals surface area contributed by atoms with Crippen LogP contribution in [0.5, 0.6) is 0 Å². The molecule has 0 aromatic heterocycles. The fraction of sp³-hybridized carbons (Fsp3) is 0.125. The number of fused-ring (bicyclic) bond motifs is 1. The Balaban J connectivity index is 2.39. The number of aliphatic hydroxyl groups is 1. The van der Waals surface area contributed by atoms with E-state index in [0.717, 1.165) is 16.3 Å². The number of hydrogen-bond donors (Lipinski definition) is 1. The van der Waals surface area contributed by atoms with Crippen molar-refractivity contribution in [1.82, 2.24) is 0 Å². The molecule has 1 unspecified atom stereocenters. The Morgan fingerprint density at radius 2 is 1.94 bits per heavy atom. The minimum Gasteiger partial charge on any atom is -0.380 e. The fourth-order valence-electron chi connectivity index (χ4n) is 1.71. The summed E-state index contributed by atoms with van der Waals surface area (Å²) in [6.07, 6.45) is 1.53. The third-order valence-corrected chi connectivity index (χ3v) is 2.55. The van der Waals surface area contributed by atoms with E-state index in [4.69, 9.17) is 0 Å². The maximum atomic E-state index is 9.54. The van der Waals surface area contributed by atoms with E-state index in [2.05, 4.69) is 30.6 Å². The molecule has 0 aliphatic rings. The first-order valence-electron chi connectivity index (χ1n) is 5.59. The lowest BCUT2D eigenvalue weighted by Gasteiger charge is -2.00. The molecule has 2 aromatic carbocycles. The lowest BCUT2D eigenvalue weighted by atomic mass is 10.0. The third kappa shape index (κ3) is 2.75. The van der Waals surface area contributed by atoms with Gasteiger partial charge in [-0.05, 0) is 16.8 Å². The summed E-state index contributed by atoms with van der Waals surface area (Å²) in [6, 6.07) is 14.1. The Labute approximate surface area is 101 Å². The fourth-order valence-corrected chi connectivity index (χ4v) is 1.71. The van der Waals surface area contributed by atoms with Gasteiger partial charge in [0.25, 0.3) is 0 Å². The molecular weight excluding hydrogens is 208 g/mol. The zero-order valence-corrected chi connectivity index (χ0v) is 9.56. The first-order valence-corrected chi connectivity index (χ1v) is 5.59. The molecule has 0 fully saturated rings. The molecule has 0 aliphatic carbocycles. The van der Waals surface area contributed by atoms with Crippen LogP contribution < -0.4 is 0 Å². The van der Waals surface area contributed by atoms with E-state index < -0.39 is 6.10 Å². The first-order chi connectivity index (χ1) is 8.31. The number of aliphatic hydroxyl groups excluding tert-OH is 1. The van der Waals surface area contributed by atoms with Crippen molar-refractivity contribution in [2.24, 2.45) is 0 Å². The topological polar surface area (TPSA) is 20.2 Å². The number of rotatable bonds is 2. The second-order valence-electron chi connectivity index (χ2n) is 3.84. The molecule has 2 aromatic rings. The number of benzene rings is 2. The van der Waals surface area contributed by atoms with Crippen LogP contribution in [0.15, 0.2) is 55.1 Å². The van der Waals surface area contributed by atoms with Crippen LogP contribution in [-0.4, -0.2) is 11.2 Å². The van der Waals surface area contributed by atoms with Gasteiger partial charge in [-0.2, -0.15) is 0 Å². The van der Waals surface area contributed by atoms with Gasteiger partial charge >= 0.3 is 0 Å². The summed E-state index contributed by atoms with van der Waals surface area (Å²) in [4.78, 5) is 0. The lowest BCUT2D eigenvalue weighted by Crippen LogP contribution is -1.99. The zero-order chi connectivity index (χ0) is 12.1. The van der Waals surface area contributed by atoms with Crippen LogP contribution in [0.1, 0.15) is 12.0 Å². The molecule has 0 amide bonds. The highest BCUT2D eigenvalue weighted by Crippen LogP contribution is 2.17. The quantitative estimate of drug-likeness (QED) is 0.611. The molecule has 1 heteroatoms. The Morgan fingerprint density at radius 1 is 1.18 bits per heavy atom. The second kappa shape index (κ2) is 5.34. The Hall–Kier alpha value is -2.04. The van der Waals surface area contributed by atoms with Gasteiger partial charge in [0.15, 0.2) is 0 Å². The number of hydrogen-bond acceptors (Lipinski definition) is 1. The molecule has 1 atom stereocenters. The van der Waals surface area contributed by atoms with E-state index in [0.29, 0.717) is 6.42 Å². The van der Waals surface area contributed by atoms with Gasteiger partial charge in [0.1, 0.15) is 6.10 Å². The maximum Gasteiger partial charge on any atom is 0.118 e. The Bertz CT molecular complexity index is 582. The summed E-state index contributed by atoms with van der Waals surface area (Å²) in [5.74, 6) is 5.85. The van der Waals surface area contributed by atoms with Crippen molar-refractivity contribution in [1.29, 1.82) is 0 Å². The molecule has 1 nitrogen and oxygen atoms in total. The molecule has 0 spiro atoms. The Kier molecular flexibility index (Phi) is 3.59. The summed E-state index contributed by atoms with van der Waals surface area (Å²) in [5.41, 5.74) is 0.950. The van der Waals surface area contributed by atoms with Crippen LogP contribution in [-0.2, 0) is 0 Å². The van der Waals surface area contributed by atoms with E-state index in [-0.39, 0.29) is 0 Å². The first kappa shape index (κ1) is 11.4. The van der Waals surface area contributed by atoms with Gasteiger partial charge in [-0.1, -0.05) is 54.3 Å². The summed E-state index contributed by atoms with van der Waals surface area (Å²) < 4.78 is 0. The lowest BCUT2D eigenvalue weighted by molar-refractivity contribution is 0.236. The molecule has 2 rings (SSSR count). The van der Waals surface area contributed by atoms with E-state index in [1.807, 2.05) is 30.3 Å². The smallest absolute Gasteiger partial charge is 0.118 e. The van der Waals surface area contributed by atoms with Crippen LogP contribution >= 0.6 is 0 Å². The standard InChI is InChI=1S/C16H14O/c1-2-6-15(17)12-11-14-9-5-8-13-7-3-4-10-16(13)14/h2-5,7-10,15,17H,1,6H2. The van der Waals surface area contributed by atoms with Crippen molar-refractivity contribution in [3.63, 3.8) is 0 Å². The third-order valence-electron chi connectivity index (χ3n) is 2.55. The highest BCUT2D eigenvalue weighted by molar-refractivity contribution is 5.88. The van der Waals surface area contributed by atoms with Crippen molar-refractivity contribution >= 4 is 10.8 Å². The highest BCUT2D eigenvalue weighted by Gasteiger charge is 1.97. The summed E-state index contributed by atoms with van der Waals surface area (Å²) >= 11 is 0. The predicted molar refractivity (Wildman–Crippen MR) is 71.6 cm³/mol. The minimum absolute atomic E-state index is 0.498. The SMILES string of the molecule is C=CCC(O)C#Cc1cccc2ccccc12. The van der Waals surface area contributed by atoms with Crippen molar-refractivity contribution in [2.45, 2.75) is 12.5 Å². The van der Waals surface area contributed by atoms with Gasteiger partial charge in [-0.15, -0.1) is 6.58 Å². The molecule has 0 heterocycles. The van der Waals surface area contributed by atoms with E-state index in [1.165, 1.54) is 0 Å². The van der Waals surface area contributed by atoms with Crippen molar-refractivity contribution < 1.29 is 5.11 Å². The molecule has 0 aliphatic heterocycles. The predicted octanol–water partition coefficient (Wildman–Crippen LogP) is 3.13. The molecule has 0 bridgehead atoms. The Morgan fingerprint density at radius 3 is 2.76 bits per heavy atom. The van der Waals surface area contributed by atoms with Gasteiger partial charge in [0.2, 0.25) is 0 Å².